The summed E-state index contributed by atoms with van der Waals surface area (Å²) in [5.41, 5.74) is 2.86. The zero-order valence-electron chi connectivity index (χ0n) is 16.9. The van der Waals surface area contributed by atoms with Gasteiger partial charge in [0.15, 0.2) is 16.7 Å². The molecule has 2 aromatic carbocycles. The number of aromatic nitrogens is 2. The zero-order chi connectivity index (χ0) is 21.3. The van der Waals surface area contributed by atoms with Crippen molar-refractivity contribution >= 4 is 34.2 Å². The van der Waals surface area contributed by atoms with Crippen molar-refractivity contribution in [3.05, 3.63) is 42.6 Å². The van der Waals surface area contributed by atoms with E-state index in [4.69, 9.17) is 18.9 Å². The molecule has 4 rings (SSSR count). The van der Waals surface area contributed by atoms with Crippen LogP contribution >= 0.6 is 24.0 Å². The van der Waals surface area contributed by atoms with E-state index in [1.54, 1.807) is 46.0 Å². The van der Waals surface area contributed by atoms with Crippen LogP contribution in [0.2, 0.25) is 0 Å². The maximum atomic E-state index is 5.76. The Balaban J connectivity index is 2.05. The maximum absolute atomic E-state index is 5.76. The number of thiol groups is 1. The van der Waals surface area contributed by atoms with Gasteiger partial charge in [0.2, 0.25) is 5.75 Å². The van der Waals surface area contributed by atoms with E-state index < -0.39 is 0 Å². The van der Waals surface area contributed by atoms with E-state index in [1.165, 1.54) is 0 Å². The molecule has 6 nitrogen and oxygen atoms in total. The van der Waals surface area contributed by atoms with Gasteiger partial charge < -0.3 is 18.9 Å². The fraction of sp³-hybridized carbons (Fsp3) is 0.182. The second-order valence-electron chi connectivity index (χ2n) is 6.31. The molecule has 154 valence electrons. The van der Waals surface area contributed by atoms with Gasteiger partial charge in [-0.2, -0.15) is 0 Å². The molecule has 0 radical (unpaired) electrons. The molecule has 0 bridgehead atoms. The predicted molar refractivity (Wildman–Crippen MR) is 122 cm³/mol. The smallest absolute Gasteiger partial charge is 0.203 e. The molecular formula is C22H20N2O4S2. The van der Waals surface area contributed by atoms with Crippen LogP contribution in [0.25, 0.3) is 31.8 Å². The van der Waals surface area contributed by atoms with Gasteiger partial charge >= 0.3 is 0 Å². The molecule has 0 aliphatic carbocycles. The van der Waals surface area contributed by atoms with Crippen LogP contribution in [0.15, 0.2) is 47.8 Å². The van der Waals surface area contributed by atoms with Crippen molar-refractivity contribution in [2.24, 2.45) is 0 Å². The minimum atomic E-state index is 0.427. The number of benzene rings is 2. The van der Waals surface area contributed by atoms with E-state index in [9.17, 15) is 0 Å². The van der Waals surface area contributed by atoms with Gasteiger partial charge in [-0.1, -0.05) is 0 Å². The summed E-state index contributed by atoms with van der Waals surface area (Å²) in [7, 11) is 6.46. The van der Waals surface area contributed by atoms with Gasteiger partial charge in [0.05, 0.1) is 28.4 Å². The second-order valence-corrected chi connectivity index (χ2v) is 7.70. The van der Waals surface area contributed by atoms with Crippen LogP contribution in [0.4, 0.5) is 0 Å². The fourth-order valence-corrected chi connectivity index (χ4v) is 4.78. The molecule has 8 heteroatoms. The van der Waals surface area contributed by atoms with E-state index in [1.807, 2.05) is 36.4 Å². The summed E-state index contributed by atoms with van der Waals surface area (Å²) >= 11 is 5.88. The molecule has 0 saturated carbocycles. The van der Waals surface area contributed by atoms with Gasteiger partial charge in [-0.3, -0.25) is 0 Å². The lowest BCUT2D eigenvalue weighted by molar-refractivity contribution is 0.325. The van der Waals surface area contributed by atoms with Crippen LogP contribution in [0.1, 0.15) is 0 Å². The summed E-state index contributed by atoms with van der Waals surface area (Å²) in [6, 6.07) is 11.7. The quantitative estimate of drug-likeness (QED) is 0.322. The molecule has 2 aromatic heterocycles. The van der Waals surface area contributed by atoms with E-state index in [0.717, 1.165) is 37.5 Å². The van der Waals surface area contributed by atoms with Crippen molar-refractivity contribution < 1.29 is 18.9 Å². The Hall–Kier alpha value is -2.97. The van der Waals surface area contributed by atoms with E-state index in [-0.39, 0.29) is 0 Å². The first-order valence-corrected chi connectivity index (χ1v) is 10.3. The minimum absolute atomic E-state index is 0.427. The van der Waals surface area contributed by atoms with Gasteiger partial charge in [0, 0.05) is 27.6 Å². The molecule has 0 amide bonds. The molecule has 0 aliphatic heterocycles. The molecule has 0 aliphatic rings. The number of hydrogen-bond acceptors (Lipinski definition) is 8. The molecular weight excluding hydrogens is 420 g/mol. The predicted octanol–water partition coefficient (Wildman–Crippen LogP) is 5.35. The van der Waals surface area contributed by atoms with Crippen LogP contribution in [-0.4, -0.2) is 38.4 Å². The van der Waals surface area contributed by atoms with Gasteiger partial charge in [-0.15, -0.1) is 24.0 Å². The molecule has 0 saturated heterocycles. The van der Waals surface area contributed by atoms with Gasteiger partial charge in [-0.05, 0) is 42.0 Å². The minimum Gasteiger partial charge on any atom is -0.497 e. The lowest BCUT2D eigenvalue weighted by Gasteiger charge is -2.16. The average Bonchev–Trinajstić information content (AvgIpc) is 3.16. The summed E-state index contributed by atoms with van der Waals surface area (Å²) in [5, 5.41) is 1.34. The standard InChI is InChI=1S/C22H20N2O4S2/c1-25-13-7-5-12(6-8-13)20-17(15-11-23-22(29)24-21(15)30-20)14-9-10-16(26-2)19(28-4)18(14)27-3/h5-11H,1-4H3,(H,23,24,29). The van der Waals surface area contributed by atoms with Gasteiger partial charge in [-0.25, -0.2) is 9.97 Å². The molecule has 0 N–H and O–H groups in total. The van der Waals surface area contributed by atoms with Crippen molar-refractivity contribution in [3.8, 4) is 44.6 Å². The van der Waals surface area contributed by atoms with Crippen molar-refractivity contribution in [1.82, 2.24) is 9.97 Å². The van der Waals surface area contributed by atoms with Crippen LogP contribution in [-0.2, 0) is 0 Å². The average molecular weight is 441 g/mol. The molecule has 2 heterocycles. The Morgan fingerprint density at radius 3 is 2.20 bits per heavy atom. The van der Waals surface area contributed by atoms with Gasteiger partial charge in [0.1, 0.15) is 10.6 Å². The third-order valence-corrected chi connectivity index (χ3v) is 6.13. The van der Waals surface area contributed by atoms with Crippen molar-refractivity contribution in [2.75, 3.05) is 28.4 Å². The first kappa shape index (κ1) is 20.3. The highest BCUT2D eigenvalue weighted by molar-refractivity contribution is 7.80. The first-order chi connectivity index (χ1) is 14.6. The van der Waals surface area contributed by atoms with E-state index >= 15 is 0 Å². The number of hydrogen-bond donors (Lipinski definition) is 1. The third kappa shape index (κ3) is 3.42. The van der Waals surface area contributed by atoms with Crippen LogP contribution in [0.3, 0.4) is 0 Å². The van der Waals surface area contributed by atoms with Crippen molar-refractivity contribution in [2.45, 2.75) is 5.16 Å². The number of fused-ring (bicyclic) bond motifs is 1. The Kier molecular flexibility index (Phi) is 5.69. The Bertz CT molecular complexity index is 1210. The van der Waals surface area contributed by atoms with Crippen LogP contribution in [0, 0.1) is 0 Å². The number of ether oxygens (including phenoxy) is 4. The zero-order valence-corrected chi connectivity index (χ0v) is 18.6. The second kappa shape index (κ2) is 8.41. The highest BCUT2D eigenvalue weighted by Crippen LogP contribution is 2.51. The number of nitrogens with zero attached hydrogens (tertiary/aromatic N) is 2. The summed E-state index contributed by atoms with van der Waals surface area (Å²) in [5.74, 6) is 2.51. The largest absolute Gasteiger partial charge is 0.497 e. The Morgan fingerprint density at radius 2 is 1.57 bits per heavy atom. The van der Waals surface area contributed by atoms with Crippen LogP contribution in [0.5, 0.6) is 23.0 Å². The van der Waals surface area contributed by atoms with Crippen molar-refractivity contribution in [3.63, 3.8) is 0 Å². The topological polar surface area (TPSA) is 62.7 Å². The maximum Gasteiger partial charge on any atom is 0.203 e. The van der Waals surface area contributed by atoms with Crippen LogP contribution < -0.4 is 18.9 Å². The Morgan fingerprint density at radius 1 is 0.833 bits per heavy atom. The van der Waals surface area contributed by atoms with Gasteiger partial charge in [0.25, 0.3) is 0 Å². The number of thiophene rings is 1. The monoisotopic (exact) mass is 440 g/mol. The highest BCUT2D eigenvalue weighted by Gasteiger charge is 2.24. The SMILES string of the molecule is COc1ccc(-c2sc3nc(S)ncc3c2-c2ccc(OC)c(OC)c2OC)cc1. The summed E-state index contributed by atoms with van der Waals surface area (Å²) < 4.78 is 22.1. The third-order valence-electron chi connectivity index (χ3n) is 4.76. The molecule has 0 atom stereocenters. The summed E-state index contributed by atoms with van der Waals surface area (Å²) in [6.07, 6.45) is 1.79. The van der Waals surface area contributed by atoms with E-state index in [2.05, 4.69) is 22.6 Å². The van der Waals surface area contributed by atoms with E-state index in [0.29, 0.717) is 22.4 Å². The molecule has 0 unspecified atom stereocenters. The summed E-state index contributed by atoms with van der Waals surface area (Å²) in [6.45, 7) is 0. The molecule has 0 fully saturated rings. The lowest BCUT2D eigenvalue weighted by Crippen LogP contribution is -1.97. The molecule has 4 aromatic rings. The fourth-order valence-electron chi connectivity index (χ4n) is 3.39. The normalized spacial score (nSPS) is 10.8. The van der Waals surface area contributed by atoms with Crippen molar-refractivity contribution in [1.29, 1.82) is 0 Å². The first-order valence-electron chi connectivity index (χ1n) is 9.03. The molecule has 0 spiro atoms. The number of methoxy groups -OCH3 is 4. The highest BCUT2D eigenvalue weighted by atomic mass is 32.1. The lowest BCUT2D eigenvalue weighted by atomic mass is 9.98. The Labute approximate surface area is 183 Å². The number of rotatable bonds is 6. The summed E-state index contributed by atoms with van der Waals surface area (Å²) in [4.78, 5) is 10.7. The molecule has 30 heavy (non-hydrogen) atoms.